The molecular formula is C53H72BBrN2O6. The smallest absolute Gasteiger partial charge is 0.488 e. The number of rotatable bonds is 14. The molecule has 0 saturated carbocycles. The van der Waals surface area contributed by atoms with Crippen molar-refractivity contribution in [1.82, 2.24) is 9.97 Å². The first-order valence-electron chi connectivity index (χ1n) is 22.2. The first-order chi connectivity index (χ1) is 29.6. The maximum absolute atomic E-state index is 11.5. The van der Waals surface area contributed by atoms with Gasteiger partial charge in [-0.2, -0.15) is 0 Å². The Bertz CT molecular complexity index is 2170. The topological polar surface area (TPSA) is 147 Å². The number of phenols is 4. The van der Waals surface area contributed by atoms with Gasteiger partial charge in [0.15, 0.2) is 0 Å². The van der Waals surface area contributed by atoms with E-state index in [1.807, 2.05) is 38.1 Å². The average Bonchev–Trinajstić information content (AvgIpc) is 3.24. The quantitative estimate of drug-likeness (QED) is 0.0416. The van der Waals surface area contributed by atoms with Gasteiger partial charge < -0.3 is 30.5 Å². The number of pyridine rings is 2. The number of halogens is 1. The summed E-state index contributed by atoms with van der Waals surface area (Å²) in [6.07, 6.45) is 23.3. The second-order valence-electron chi connectivity index (χ2n) is 17.2. The van der Waals surface area contributed by atoms with Crippen LogP contribution in [0.2, 0.25) is 0 Å². The maximum atomic E-state index is 11.5. The van der Waals surface area contributed by atoms with Gasteiger partial charge in [-0.05, 0) is 165 Å². The van der Waals surface area contributed by atoms with Crippen molar-refractivity contribution in [2.24, 2.45) is 11.8 Å². The van der Waals surface area contributed by atoms with E-state index in [0.717, 1.165) is 115 Å². The van der Waals surface area contributed by atoms with E-state index in [1.54, 1.807) is 24.5 Å². The Hall–Kier alpha value is -4.64. The molecule has 2 aromatic carbocycles. The van der Waals surface area contributed by atoms with Gasteiger partial charge in [-0.25, -0.2) is 0 Å². The van der Waals surface area contributed by atoms with Crippen LogP contribution in [0.3, 0.4) is 0 Å². The summed E-state index contributed by atoms with van der Waals surface area (Å²) in [6.45, 7) is 21.0. The Morgan fingerprint density at radius 1 is 0.683 bits per heavy atom. The monoisotopic (exact) mass is 922 g/mol. The van der Waals surface area contributed by atoms with Gasteiger partial charge in [-0.1, -0.05) is 94.6 Å². The second kappa shape index (κ2) is 25.6. The minimum atomic E-state index is -1.38. The van der Waals surface area contributed by atoms with Gasteiger partial charge in [-0.3, -0.25) is 9.97 Å². The third kappa shape index (κ3) is 14.2. The van der Waals surface area contributed by atoms with Gasteiger partial charge in [0.05, 0.1) is 4.47 Å². The highest BCUT2D eigenvalue weighted by Gasteiger charge is 2.33. The van der Waals surface area contributed by atoms with Crippen molar-refractivity contribution < 1.29 is 30.5 Å². The first kappa shape index (κ1) is 52.7. The molecule has 4 atom stereocenters. The number of hydrogen-bond acceptors (Lipinski definition) is 8. The Morgan fingerprint density at radius 2 is 1.11 bits per heavy atom. The minimum Gasteiger partial charge on any atom is -0.507 e. The number of benzene rings is 2. The predicted molar refractivity (Wildman–Crippen MR) is 266 cm³/mol. The summed E-state index contributed by atoms with van der Waals surface area (Å²) < 4.78 is 0.725. The number of allylic oxidation sites excluding steroid dienone is 6. The number of phenolic OH excluding ortho intramolecular Hbond substituents is 4. The van der Waals surface area contributed by atoms with Gasteiger partial charge in [-0.15, -0.1) is 0 Å². The van der Waals surface area contributed by atoms with Crippen LogP contribution in [0.15, 0.2) is 113 Å². The standard InChI is InChI=1S/C26H33NO2.C21H29BrO2.C5H6BNO2.CH4/c1-5-6-7-8-20-16-23(28)25(22-15-18(4)9-10-21(22)17(2)3)26(29)24(20)19-11-13-27-14-12-19;1-5-6-7-8-15-12-18(23)19(21(24)20(15)22)17-11-14(4)9-10-16(17)13(2)3;8-6(9)5-1-3-7-4-2-5;/h11-16,21-22,28-29H,2,5-10H2,1,3-4H3;11-12,16-17,23-24H,2,5-10H2,1,3-4H3;1-4,8-9H;1H4/t21-,22+;16-,17+;;/m00../s1. The summed E-state index contributed by atoms with van der Waals surface area (Å²) >= 11 is 3.55. The normalized spacial score (nSPS) is 18.0. The van der Waals surface area contributed by atoms with Crippen molar-refractivity contribution in [1.29, 1.82) is 0 Å². The zero-order valence-corrected chi connectivity index (χ0v) is 39.3. The summed E-state index contributed by atoms with van der Waals surface area (Å²) in [7, 11) is -1.38. The molecule has 0 bridgehead atoms. The van der Waals surface area contributed by atoms with Crippen LogP contribution in [-0.4, -0.2) is 47.6 Å². The van der Waals surface area contributed by atoms with Crippen LogP contribution in [0.1, 0.15) is 147 Å². The lowest BCUT2D eigenvalue weighted by molar-refractivity contribution is 0.404. The highest BCUT2D eigenvalue weighted by Crippen LogP contribution is 2.51. The minimum absolute atomic E-state index is 0. The molecule has 0 unspecified atom stereocenters. The van der Waals surface area contributed by atoms with E-state index >= 15 is 0 Å². The fourth-order valence-electron chi connectivity index (χ4n) is 8.78. The van der Waals surface area contributed by atoms with E-state index in [2.05, 4.69) is 78.9 Å². The van der Waals surface area contributed by atoms with Crippen molar-refractivity contribution in [3.05, 3.63) is 136 Å². The molecule has 340 valence electrons. The molecule has 2 aromatic heterocycles. The number of nitrogens with zero attached hydrogens (tertiary/aromatic N) is 2. The molecular weight excluding hydrogens is 851 g/mol. The lowest BCUT2D eigenvalue weighted by atomic mass is 9.73. The third-order valence-electron chi connectivity index (χ3n) is 12.2. The Morgan fingerprint density at radius 3 is 1.54 bits per heavy atom. The van der Waals surface area contributed by atoms with E-state index in [-0.39, 0.29) is 54.1 Å². The highest BCUT2D eigenvalue weighted by atomic mass is 79.9. The SMILES string of the molecule is C.C=C(C)[C@@H]1CCC(C)=C[C@H]1c1c(O)cc(CCCCC)c(-c2ccncc2)c1O.C=C(C)[C@@H]1CCC(C)=C[C@H]1c1c(O)cc(CCCCC)c(Br)c1O.OB(O)c1ccncc1. The Kier molecular flexibility index (Phi) is 21.4. The van der Waals surface area contributed by atoms with E-state index in [0.29, 0.717) is 16.6 Å². The number of hydrogen-bond donors (Lipinski definition) is 6. The summed E-state index contributed by atoms with van der Waals surface area (Å²) in [5, 5.41) is 61.0. The van der Waals surface area contributed by atoms with Crippen molar-refractivity contribution in [2.45, 2.75) is 138 Å². The van der Waals surface area contributed by atoms with Crippen LogP contribution in [-0.2, 0) is 12.8 Å². The predicted octanol–water partition coefficient (Wildman–Crippen LogP) is 12.9. The summed E-state index contributed by atoms with van der Waals surface area (Å²) in [4.78, 5) is 7.83. The van der Waals surface area contributed by atoms with Crippen molar-refractivity contribution in [2.75, 3.05) is 0 Å². The second-order valence-corrected chi connectivity index (χ2v) is 18.0. The molecule has 2 heterocycles. The number of aromatic hydroxyl groups is 4. The van der Waals surface area contributed by atoms with Crippen LogP contribution in [0.5, 0.6) is 23.0 Å². The maximum Gasteiger partial charge on any atom is 0.488 e. The Balaban J connectivity index is 0.000000279. The number of aromatic nitrogens is 2. The number of aryl methyl sites for hydroxylation is 2. The molecule has 0 spiro atoms. The number of unbranched alkanes of at least 4 members (excludes halogenated alkanes) is 4. The molecule has 0 amide bonds. The molecule has 8 nitrogen and oxygen atoms in total. The van der Waals surface area contributed by atoms with Gasteiger partial charge in [0.1, 0.15) is 23.0 Å². The van der Waals surface area contributed by atoms with Gasteiger partial charge in [0.2, 0.25) is 0 Å². The molecule has 0 saturated heterocycles. The van der Waals surface area contributed by atoms with Crippen LogP contribution < -0.4 is 5.46 Å². The molecule has 0 fully saturated rings. The van der Waals surface area contributed by atoms with Crippen LogP contribution >= 0.6 is 15.9 Å². The van der Waals surface area contributed by atoms with E-state index in [1.165, 1.54) is 23.5 Å². The summed E-state index contributed by atoms with van der Waals surface area (Å²) in [6, 6.07) is 10.6. The Labute approximate surface area is 386 Å². The molecule has 6 N–H and O–H groups in total. The van der Waals surface area contributed by atoms with E-state index < -0.39 is 7.12 Å². The van der Waals surface area contributed by atoms with Crippen molar-refractivity contribution in [3.63, 3.8) is 0 Å². The molecule has 4 aromatic rings. The largest absolute Gasteiger partial charge is 0.507 e. The molecule has 63 heavy (non-hydrogen) atoms. The molecule has 6 rings (SSSR count). The lowest BCUT2D eigenvalue weighted by Crippen LogP contribution is -2.29. The zero-order valence-electron chi connectivity index (χ0n) is 37.7. The van der Waals surface area contributed by atoms with E-state index in [4.69, 9.17) is 10.0 Å². The fourth-order valence-corrected chi connectivity index (χ4v) is 9.30. The zero-order chi connectivity index (χ0) is 45.5. The van der Waals surface area contributed by atoms with Gasteiger partial charge in [0.25, 0.3) is 0 Å². The van der Waals surface area contributed by atoms with Crippen molar-refractivity contribution in [3.8, 4) is 34.1 Å². The van der Waals surface area contributed by atoms with Crippen LogP contribution in [0.4, 0.5) is 0 Å². The lowest BCUT2D eigenvalue weighted by Gasteiger charge is -2.32. The molecule has 0 radical (unpaired) electrons. The molecule has 2 aliphatic carbocycles. The average molecular weight is 924 g/mol. The van der Waals surface area contributed by atoms with Crippen LogP contribution in [0, 0.1) is 11.8 Å². The highest BCUT2D eigenvalue weighted by molar-refractivity contribution is 9.10. The third-order valence-corrected chi connectivity index (χ3v) is 13.1. The fraction of sp³-hybridized carbons (Fsp3) is 0.434. The first-order valence-corrected chi connectivity index (χ1v) is 23.0. The van der Waals surface area contributed by atoms with Gasteiger partial charge >= 0.3 is 7.12 Å². The molecule has 2 aliphatic rings. The molecule has 0 aliphatic heterocycles. The summed E-state index contributed by atoms with van der Waals surface area (Å²) in [5.74, 6) is 1.16. The van der Waals surface area contributed by atoms with E-state index in [9.17, 15) is 20.4 Å². The summed E-state index contributed by atoms with van der Waals surface area (Å²) in [5.41, 5.74) is 10.3. The van der Waals surface area contributed by atoms with Crippen LogP contribution in [0.25, 0.3) is 11.1 Å². The molecule has 10 heteroatoms. The van der Waals surface area contributed by atoms with Crippen molar-refractivity contribution >= 4 is 28.5 Å². The van der Waals surface area contributed by atoms with Gasteiger partial charge in [0, 0.05) is 53.3 Å².